The Morgan fingerprint density at radius 1 is 1.12 bits per heavy atom. The maximum Gasteiger partial charge on any atom is 0.274 e. The summed E-state index contributed by atoms with van der Waals surface area (Å²) >= 11 is 0. The minimum atomic E-state index is -0.282. The Labute approximate surface area is 147 Å². The average Bonchev–Trinajstić information content (AvgIpc) is 2.62. The van der Waals surface area contributed by atoms with Gasteiger partial charge in [0.2, 0.25) is 5.95 Å². The molecule has 1 aliphatic rings. The number of ether oxygens (including phenoxy) is 2. The molecule has 2 aromatic rings. The van der Waals surface area contributed by atoms with Gasteiger partial charge in [-0.15, -0.1) is 0 Å². The lowest BCUT2D eigenvalue weighted by Crippen LogP contribution is -2.26. The zero-order valence-electron chi connectivity index (χ0n) is 14.7. The second-order valence-electron chi connectivity index (χ2n) is 5.68. The summed E-state index contributed by atoms with van der Waals surface area (Å²) in [7, 11) is 0. The van der Waals surface area contributed by atoms with E-state index in [1.165, 1.54) is 0 Å². The highest BCUT2D eigenvalue weighted by atomic mass is 16.6. The number of carbonyl (C=O) groups excluding carboxylic acids is 1. The predicted octanol–water partition coefficient (Wildman–Crippen LogP) is 2.65. The molecule has 1 N–H and O–H groups in total. The van der Waals surface area contributed by atoms with Gasteiger partial charge in [0.15, 0.2) is 11.5 Å². The highest BCUT2D eigenvalue weighted by Gasteiger charge is 2.16. The van der Waals surface area contributed by atoms with Crippen LogP contribution in [-0.2, 0) is 0 Å². The van der Waals surface area contributed by atoms with Gasteiger partial charge in [-0.1, -0.05) is 0 Å². The first-order chi connectivity index (χ1) is 12.1. The average molecular weight is 342 g/mol. The third-order valence-corrected chi connectivity index (χ3v) is 3.92. The number of aryl methyl sites for hydroxylation is 1. The van der Waals surface area contributed by atoms with Crippen LogP contribution in [0.2, 0.25) is 0 Å². The molecule has 1 aliphatic heterocycles. The van der Waals surface area contributed by atoms with E-state index in [1.807, 2.05) is 25.7 Å². The van der Waals surface area contributed by atoms with Crippen molar-refractivity contribution in [2.75, 3.05) is 36.5 Å². The Morgan fingerprint density at radius 2 is 1.84 bits per heavy atom. The Balaban J connectivity index is 1.81. The molecule has 7 nitrogen and oxygen atoms in total. The standard InChI is InChI=1S/C18H22N4O3/c1-4-22(5-2)18-19-12(3)10-14(21-18)17(23)20-13-6-7-15-16(11-13)25-9-8-24-15/h6-7,10-11H,4-5,8-9H2,1-3H3,(H,20,23). The van der Waals surface area contributed by atoms with E-state index in [-0.39, 0.29) is 5.91 Å². The molecule has 7 heteroatoms. The van der Waals surface area contributed by atoms with Gasteiger partial charge in [-0.25, -0.2) is 9.97 Å². The van der Waals surface area contributed by atoms with E-state index in [4.69, 9.17) is 9.47 Å². The topological polar surface area (TPSA) is 76.6 Å². The number of aromatic nitrogens is 2. The number of benzene rings is 1. The summed E-state index contributed by atoms with van der Waals surface area (Å²) in [5, 5.41) is 2.85. The number of anilines is 2. The molecule has 0 saturated carbocycles. The molecule has 0 fully saturated rings. The van der Waals surface area contributed by atoms with Gasteiger partial charge in [-0.05, 0) is 39.0 Å². The number of hydrogen-bond donors (Lipinski definition) is 1. The lowest BCUT2D eigenvalue weighted by Gasteiger charge is -2.20. The molecule has 1 aromatic heterocycles. The first kappa shape index (κ1) is 17.0. The summed E-state index contributed by atoms with van der Waals surface area (Å²) in [5.41, 5.74) is 1.73. The van der Waals surface area contributed by atoms with Crippen molar-refractivity contribution in [3.05, 3.63) is 35.7 Å². The van der Waals surface area contributed by atoms with Crippen molar-refractivity contribution >= 4 is 17.5 Å². The molecule has 1 amide bonds. The van der Waals surface area contributed by atoms with E-state index in [2.05, 4.69) is 15.3 Å². The molecule has 0 atom stereocenters. The number of fused-ring (bicyclic) bond motifs is 1. The van der Waals surface area contributed by atoms with Crippen LogP contribution in [0.15, 0.2) is 24.3 Å². The molecule has 25 heavy (non-hydrogen) atoms. The van der Waals surface area contributed by atoms with Crippen LogP contribution in [0, 0.1) is 6.92 Å². The Hall–Kier alpha value is -2.83. The third-order valence-electron chi connectivity index (χ3n) is 3.92. The molecular formula is C18H22N4O3. The Bertz CT molecular complexity index is 775. The highest BCUT2D eigenvalue weighted by molar-refractivity contribution is 6.03. The first-order valence-electron chi connectivity index (χ1n) is 8.42. The molecule has 2 heterocycles. The van der Waals surface area contributed by atoms with E-state index in [9.17, 15) is 4.79 Å². The van der Waals surface area contributed by atoms with Crippen LogP contribution in [-0.4, -0.2) is 42.2 Å². The lowest BCUT2D eigenvalue weighted by atomic mass is 10.2. The molecule has 0 radical (unpaired) electrons. The van der Waals surface area contributed by atoms with Crippen LogP contribution in [0.4, 0.5) is 11.6 Å². The van der Waals surface area contributed by atoms with E-state index in [0.717, 1.165) is 18.8 Å². The van der Waals surface area contributed by atoms with Crippen LogP contribution in [0.25, 0.3) is 0 Å². The molecule has 0 spiro atoms. The number of rotatable bonds is 5. The summed E-state index contributed by atoms with van der Waals surface area (Å²) < 4.78 is 11.0. The number of nitrogens with zero attached hydrogens (tertiary/aromatic N) is 3. The van der Waals surface area contributed by atoms with Gasteiger partial charge < -0.3 is 19.7 Å². The van der Waals surface area contributed by atoms with Gasteiger partial charge in [0.25, 0.3) is 5.91 Å². The fourth-order valence-corrected chi connectivity index (χ4v) is 2.63. The van der Waals surface area contributed by atoms with Crippen molar-refractivity contribution in [1.82, 2.24) is 9.97 Å². The van der Waals surface area contributed by atoms with Crippen molar-refractivity contribution in [1.29, 1.82) is 0 Å². The monoisotopic (exact) mass is 342 g/mol. The number of nitrogens with one attached hydrogen (secondary N) is 1. The molecule has 0 unspecified atom stereocenters. The second-order valence-corrected chi connectivity index (χ2v) is 5.68. The van der Waals surface area contributed by atoms with Gasteiger partial charge in [0.05, 0.1) is 0 Å². The summed E-state index contributed by atoms with van der Waals surface area (Å²) in [6.07, 6.45) is 0. The molecule has 0 bridgehead atoms. The van der Waals surface area contributed by atoms with Crippen LogP contribution < -0.4 is 19.7 Å². The molecule has 0 saturated heterocycles. The maximum atomic E-state index is 12.6. The van der Waals surface area contributed by atoms with Crippen molar-refractivity contribution in [3.8, 4) is 11.5 Å². The smallest absolute Gasteiger partial charge is 0.274 e. The summed E-state index contributed by atoms with van der Waals surface area (Å²) in [4.78, 5) is 23.4. The molecule has 1 aromatic carbocycles. The summed E-state index contributed by atoms with van der Waals surface area (Å²) in [6, 6.07) is 7.01. The largest absolute Gasteiger partial charge is 0.486 e. The SMILES string of the molecule is CCN(CC)c1nc(C)cc(C(=O)Nc2ccc3c(c2)OCCO3)n1. The quantitative estimate of drug-likeness (QED) is 0.900. The van der Waals surface area contributed by atoms with Crippen LogP contribution >= 0.6 is 0 Å². The Morgan fingerprint density at radius 3 is 2.56 bits per heavy atom. The first-order valence-corrected chi connectivity index (χ1v) is 8.42. The van der Waals surface area contributed by atoms with Crippen LogP contribution in [0.1, 0.15) is 30.0 Å². The molecule has 0 aliphatic carbocycles. The van der Waals surface area contributed by atoms with Crippen molar-refractivity contribution in [2.45, 2.75) is 20.8 Å². The van der Waals surface area contributed by atoms with E-state index in [0.29, 0.717) is 42.0 Å². The number of amides is 1. The molecule has 3 rings (SSSR count). The lowest BCUT2D eigenvalue weighted by molar-refractivity contribution is 0.102. The zero-order chi connectivity index (χ0) is 17.8. The van der Waals surface area contributed by atoms with E-state index in [1.54, 1.807) is 24.3 Å². The van der Waals surface area contributed by atoms with Crippen molar-refractivity contribution < 1.29 is 14.3 Å². The number of hydrogen-bond acceptors (Lipinski definition) is 6. The minimum Gasteiger partial charge on any atom is -0.486 e. The van der Waals surface area contributed by atoms with Gasteiger partial charge in [-0.2, -0.15) is 0 Å². The van der Waals surface area contributed by atoms with Crippen LogP contribution in [0.5, 0.6) is 11.5 Å². The normalized spacial score (nSPS) is 12.6. The zero-order valence-corrected chi connectivity index (χ0v) is 14.7. The van der Waals surface area contributed by atoms with Gasteiger partial charge in [0.1, 0.15) is 18.9 Å². The Kier molecular flexibility index (Phi) is 5.02. The molecular weight excluding hydrogens is 320 g/mol. The summed E-state index contributed by atoms with van der Waals surface area (Å²) in [5.74, 6) is 1.60. The van der Waals surface area contributed by atoms with Gasteiger partial charge >= 0.3 is 0 Å². The summed E-state index contributed by atoms with van der Waals surface area (Å²) in [6.45, 7) is 8.52. The van der Waals surface area contributed by atoms with Crippen molar-refractivity contribution in [3.63, 3.8) is 0 Å². The second kappa shape index (κ2) is 7.38. The van der Waals surface area contributed by atoms with E-state index < -0.39 is 0 Å². The van der Waals surface area contributed by atoms with Crippen LogP contribution in [0.3, 0.4) is 0 Å². The fraction of sp³-hybridized carbons (Fsp3) is 0.389. The third kappa shape index (κ3) is 3.81. The fourth-order valence-electron chi connectivity index (χ4n) is 2.63. The minimum absolute atomic E-state index is 0.282. The van der Waals surface area contributed by atoms with Crippen molar-refractivity contribution in [2.24, 2.45) is 0 Å². The number of carbonyl (C=O) groups is 1. The molecule has 132 valence electrons. The maximum absolute atomic E-state index is 12.6. The van der Waals surface area contributed by atoms with Gasteiger partial charge in [-0.3, -0.25) is 4.79 Å². The predicted molar refractivity (Wildman–Crippen MR) is 95.7 cm³/mol. The van der Waals surface area contributed by atoms with E-state index >= 15 is 0 Å². The highest BCUT2D eigenvalue weighted by Crippen LogP contribution is 2.32. The van der Waals surface area contributed by atoms with Gasteiger partial charge in [0, 0.05) is 30.5 Å².